The van der Waals surface area contributed by atoms with Gasteiger partial charge in [-0.05, 0) is 44.2 Å². The van der Waals surface area contributed by atoms with Crippen molar-refractivity contribution >= 4 is 17.4 Å². The molecule has 2 aromatic carbocycles. The van der Waals surface area contributed by atoms with Crippen LogP contribution in [0.3, 0.4) is 0 Å². The van der Waals surface area contributed by atoms with Gasteiger partial charge >= 0.3 is 0 Å². The minimum atomic E-state index is -0.599. The van der Waals surface area contributed by atoms with Gasteiger partial charge in [0.1, 0.15) is 11.6 Å². The van der Waals surface area contributed by atoms with Crippen molar-refractivity contribution in [1.29, 1.82) is 0 Å². The van der Waals surface area contributed by atoms with E-state index in [1.807, 2.05) is 19.9 Å². The first kappa shape index (κ1) is 19.5. The highest BCUT2D eigenvalue weighted by atomic mass is 19.1. The summed E-state index contributed by atoms with van der Waals surface area (Å²) in [4.78, 5) is 23.6. The molecule has 30 heavy (non-hydrogen) atoms. The van der Waals surface area contributed by atoms with Crippen LogP contribution in [-0.4, -0.2) is 32.6 Å². The lowest BCUT2D eigenvalue weighted by atomic mass is 10.1. The normalized spacial score (nSPS) is 10.9. The number of aryl methyl sites for hydroxylation is 2. The van der Waals surface area contributed by atoms with E-state index in [1.165, 1.54) is 24.1 Å². The lowest BCUT2D eigenvalue weighted by molar-refractivity contribution is 0.0980. The van der Waals surface area contributed by atoms with Crippen LogP contribution >= 0.6 is 0 Å². The predicted molar refractivity (Wildman–Crippen MR) is 110 cm³/mol. The van der Waals surface area contributed by atoms with Crippen molar-refractivity contribution in [1.82, 2.24) is 19.6 Å². The quantitative estimate of drug-likeness (QED) is 0.506. The number of hydrogen-bond donors (Lipinski definition) is 0. The highest BCUT2D eigenvalue weighted by Crippen LogP contribution is 2.30. The van der Waals surface area contributed by atoms with Crippen molar-refractivity contribution in [3.05, 3.63) is 83.2 Å². The van der Waals surface area contributed by atoms with E-state index >= 15 is 0 Å². The number of ether oxygens (including phenoxy) is 1. The standard InChI is InChI=1S/C22H20FN5O2/c1-14-12-15(2)28-22(24-14)25-20(26-28)13-27(18-10-6-7-11-19(18)30-3)21(29)16-8-4-5-9-17(16)23/h4-12H,13H2,1-3H3. The van der Waals surface area contributed by atoms with Crippen molar-refractivity contribution in [3.8, 4) is 5.75 Å². The molecule has 0 aliphatic carbocycles. The largest absolute Gasteiger partial charge is 0.495 e. The number of methoxy groups -OCH3 is 1. The number of fused-ring (bicyclic) bond motifs is 1. The molecule has 8 heteroatoms. The molecule has 0 N–H and O–H groups in total. The Balaban J connectivity index is 1.81. The number of nitrogens with zero attached hydrogens (tertiary/aromatic N) is 5. The van der Waals surface area contributed by atoms with E-state index in [1.54, 1.807) is 40.9 Å². The van der Waals surface area contributed by atoms with Gasteiger partial charge in [0.25, 0.3) is 11.7 Å². The number of halogens is 1. The molecular formula is C22H20FN5O2. The second kappa shape index (κ2) is 7.90. The highest BCUT2D eigenvalue weighted by Gasteiger charge is 2.25. The molecule has 4 aromatic rings. The third-order valence-electron chi connectivity index (χ3n) is 4.69. The van der Waals surface area contributed by atoms with E-state index < -0.39 is 11.7 Å². The van der Waals surface area contributed by atoms with E-state index in [2.05, 4.69) is 15.1 Å². The summed E-state index contributed by atoms with van der Waals surface area (Å²) >= 11 is 0. The zero-order valence-electron chi connectivity index (χ0n) is 16.8. The van der Waals surface area contributed by atoms with Crippen molar-refractivity contribution in [2.75, 3.05) is 12.0 Å². The van der Waals surface area contributed by atoms with E-state index in [-0.39, 0.29) is 12.1 Å². The van der Waals surface area contributed by atoms with Gasteiger partial charge in [-0.25, -0.2) is 13.9 Å². The predicted octanol–water partition coefficient (Wildman–Crippen LogP) is 3.74. The van der Waals surface area contributed by atoms with E-state index in [0.29, 0.717) is 23.0 Å². The van der Waals surface area contributed by atoms with Crippen molar-refractivity contribution in [2.45, 2.75) is 20.4 Å². The lowest BCUT2D eigenvalue weighted by Gasteiger charge is -2.23. The van der Waals surface area contributed by atoms with Gasteiger partial charge in [0.05, 0.1) is 24.9 Å². The Kier molecular flexibility index (Phi) is 5.14. The summed E-state index contributed by atoms with van der Waals surface area (Å²) in [5, 5.41) is 4.49. The maximum absolute atomic E-state index is 14.4. The summed E-state index contributed by atoms with van der Waals surface area (Å²) in [7, 11) is 1.52. The smallest absolute Gasteiger partial charge is 0.261 e. The number of para-hydroxylation sites is 2. The number of hydrogen-bond acceptors (Lipinski definition) is 5. The maximum Gasteiger partial charge on any atom is 0.261 e. The summed E-state index contributed by atoms with van der Waals surface area (Å²) in [5.41, 5.74) is 2.15. The van der Waals surface area contributed by atoms with Crippen LogP contribution < -0.4 is 9.64 Å². The minimum absolute atomic E-state index is 0.0232. The van der Waals surface area contributed by atoms with E-state index in [0.717, 1.165) is 11.4 Å². The summed E-state index contributed by atoms with van der Waals surface area (Å²) in [6.07, 6.45) is 0. The molecule has 0 aliphatic rings. The number of amides is 1. The zero-order valence-corrected chi connectivity index (χ0v) is 16.8. The molecule has 0 bridgehead atoms. The Hall–Kier alpha value is -3.81. The summed E-state index contributed by atoms with van der Waals surface area (Å²) in [6.45, 7) is 3.81. The summed E-state index contributed by atoms with van der Waals surface area (Å²) in [6, 6.07) is 14.8. The first-order valence-corrected chi connectivity index (χ1v) is 9.37. The molecule has 0 unspecified atom stereocenters. The van der Waals surface area contributed by atoms with Crippen molar-refractivity contribution in [2.24, 2.45) is 0 Å². The molecule has 1 amide bonds. The first-order chi connectivity index (χ1) is 14.5. The van der Waals surface area contributed by atoms with Crippen LogP contribution in [0.1, 0.15) is 27.6 Å². The van der Waals surface area contributed by atoms with Crippen molar-refractivity contribution < 1.29 is 13.9 Å². The van der Waals surface area contributed by atoms with Crippen LogP contribution in [0, 0.1) is 19.7 Å². The molecule has 152 valence electrons. The van der Waals surface area contributed by atoms with Gasteiger partial charge in [-0.3, -0.25) is 9.69 Å². The molecule has 7 nitrogen and oxygen atoms in total. The van der Waals surface area contributed by atoms with Gasteiger partial charge < -0.3 is 4.74 Å². The fourth-order valence-electron chi connectivity index (χ4n) is 3.32. The number of carbonyl (C=O) groups is 1. The van der Waals surface area contributed by atoms with Gasteiger partial charge in [-0.1, -0.05) is 24.3 Å². The van der Waals surface area contributed by atoms with Gasteiger partial charge in [-0.15, -0.1) is 5.10 Å². The van der Waals surface area contributed by atoms with Crippen LogP contribution in [-0.2, 0) is 6.54 Å². The maximum atomic E-state index is 14.4. The molecule has 0 radical (unpaired) electrons. The number of carbonyl (C=O) groups excluding carboxylic acids is 1. The lowest BCUT2D eigenvalue weighted by Crippen LogP contribution is -2.32. The van der Waals surface area contributed by atoms with Crippen LogP contribution in [0.5, 0.6) is 5.75 Å². The SMILES string of the molecule is COc1ccccc1N(Cc1nc2nc(C)cc(C)n2n1)C(=O)c1ccccc1F. The third kappa shape index (κ3) is 3.59. The minimum Gasteiger partial charge on any atom is -0.495 e. The third-order valence-corrected chi connectivity index (χ3v) is 4.69. The van der Waals surface area contributed by atoms with Gasteiger partial charge in [0.15, 0.2) is 5.82 Å². The molecule has 0 saturated heterocycles. The van der Waals surface area contributed by atoms with Crippen molar-refractivity contribution in [3.63, 3.8) is 0 Å². The Morgan fingerprint density at radius 1 is 1.10 bits per heavy atom. The number of rotatable bonds is 5. The number of anilines is 1. The molecule has 4 rings (SSSR count). The van der Waals surface area contributed by atoms with Gasteiger partial charge in [0, 0.05) is 11.4 Å². The molecule has 0 fully saturated rings. The van der Waals surface area contributed by atoms with Crippen LogP contribution in [0.15, 0.2) is 54.6 Å². The Labute approximate surface area is 172 Å². The van der Waals surface area contributed by atoms with Gasteiger partial charge in [0.2, 0.25) is 0 Å². The van der Waals surface area contributed by atoms with Crippen LogP contribution in [0.25, 0.3) is 5.78 Å². The molecule has 0 aliphatic heterocycles. The molecule has 0 atom stereocenters. The van der Waals surface area contributed by atoms with E-state index in [9.17, 15) is 9.18 Å². The number of aromatic nitrogens is 4. The molecule has 0 spiro atoms. The fraction of sp³-hybridized carbons (Fsp3) is 0.182. The van der Waals surface area contributed by atoms with Gasteiger partial charge in [-0.2, -0.15) is 4.98 Å². The summed E-state index contributed by atoms with van der Waals surface area (Å²) < 4.78 is 21.4. The van der Waals surface area contributed by atoms with Crippen LogP contribution in [0.4, 0.5) is 10.1 Å². The van der Waals surface area contributed by atoms with Crippen LogP contribution in [0.2, 0.25) is 0 Å². The Morgan fingerprint density at radius 2 is 1.83 bits per heavy atom. The molecular weight excluding hydrogens is 385 g/mol. The Morgan fingerprint density at radius 3 is 2.60 bits per heavy atom. The molecule has 2 heterocycles. The fourth-order valence-corrected chi connectivity index (χ4v) is 3.32. The topological polar surface area (TPSA) is 72.6 Å². The highest BCUT2D eigenvalue weighted by molar-refractivity contribution is 6.06. The average Bonchev–Trinajstić information content (AvgIpc) is 3.15. The second-order valence-electron chi connectivity index (χ2n) is 6.82. The monoisotopic (exact) mass is 405 g/mol. The summed E-state index contributed by atoms with van der Waals surface area (Å²) in [5.74, 6) is 0.194. The zero-order chi connectivity index (χ0) is 21.3. The van der Waals surface area contributed by atoms with E-state index in [4.69, 9.17) is 4.74 Å². The average molecular weight is 405 g/mol. The Bertz CT molecular complexity index is 1240. The first-order valence-electron chi connectivity index (χ1n) is 9.37. The second-order valence-corrected chi connectivity index (χ2v) is 6.82. The molecule has 0 saturated carbocycles. The molecule has 2 aromatic heterocycles. The number of benzene rings is 2.